The van der Waals surface area contributed by atoms with Crippen molar-refractivity contribution in [2.75, 3.05) is 26.4 Å². The fourth-order valence-corrected chi connectivity index (χ4v) is 2.90. The first-order valence-electron chi connectivity index (χ1n) is 12.3. The molecular weight excluding hydrogens is 440 g/mol. The molecule has 0 heterocycles. The zero-order valence-corrected chi connectivity index (χ0v) is 20.9. The van der Waals surface area contributed by atoms with Crippen LogP contribution in [-0.4, -0.2) is 50.3 Å². The third kappa shape index (κ3) is 9.15. The highest BCUT2D eigenvalue weighted by molar-refractivity contribution is 6.15. The van der Waals surface area contributed by atoms with Crippen LogP contribution in [0.15, 0.2) is 12.1 Å². The topological polar surface area (TPSA) is 105 Å². The van der Waals surface area contributed by atoms with E-state index in [2.05, 4.69) is 0 Å². The van der Waals surface area contributed by atoms with Crippen molar-refractivity contribution in [1.82, 2.24) is 0 Å². The molecule has 0 bridgehead atoms. The van der Waals surface area contributed by atoms with E-state index in [1.807, 2.05) is 27.7 Å². The highest BCUT2D eigenvalue weighted by atomic mass is 16.5. The van der Waals surface area contributed by atoms with E-state index >= 15 is 0 Å². The molecule has 0 aliphatic rings. The number of unbranched alkanes of at least 4 members (excludes halogenated alkanes) is 4. The molecule has 1 aromatic carbocycles. The summed E-state index contributed by atoms with van der Waals surface area (Å²) in [5, 5.41) is 0. The summed E-state index contributed by atoms with van der Waals surface area (Å²) in [6, 6.07) is 2.59. The molecule has 0 saturated carbocycles. The number of carbonyl (C=O) groups is 4. The zero-order valence-electron chi connectivity index (χ0n) is 20.9. The molecule has 8 heteroatoms. The summed E-state index contributed by atoms with van der Waals surface area (Å²) >= 11 is 0. The lowest BCUT2D eigenvalue weighted by Gasteiger charge is -2.17. The molecule has 0 aliphatic heterocycles. The van der Waals surface area contributed by atoms with Crippen molar-refractivity contribution in [2.45, 2.75) is 79.1 Å². The van der Waals surface area contributed by atoms with Gasteiger partial charge in [-0.15, -0.1) is 0 Å². The van der Waals surface area contributed by atoms with Gasteiger partial charge < -0.3 is 18.9 Å². The molecule has 0 saturated heterocycles. The van der Waals surface area contributed by atoms with Crippen molar-refractivity contribution in [3.63, 3.8) is 0 Å². The van der Waals surface area contributed by atoms with Crippen molar-refractivity contribution in [2.24, 2.45) is 0 Å². The van der Waals surface area contributed by atoms with E-state index in [1.54, 1.807) is 0 Å². The van der Waals surface area contributed by atoms with Crippen LogP contribution < -0.4 is 0 Å². The molecule has 1 aromatic rings. The SMILES string of the molecule is CCCCOC(=O)c1ccc(C(=O)OCCCC)c(C(=O)OCCCC)c1C(=O)OCCCC. The fraction of sp³-hybridized carbons (Fsp3) is 0.615. The highest BCUT2D eigenvalue weighted by Gasteiger charge is 2.32. The van der Waals surface area contributed by atoms with Crippen molar-refractivity contribution < 1.29 is 38.1 Å². The summed E-state index contributed by atoms with van der Waals surface area (Å²) < 4.78 is 21.2. The van der Waals surface area contributed by atoms with Crippen molar-refractivity contribution in [3.05, 3.63) is 34.4 Å². The first-order valence-corrected chi connectivity index (χ1v) is 12.3. The van der Waals surface area contributed by atoms with E-state index in [9.17, 15) is 19.2 Å². The van der Waals surface area contributed by atoms with Gasteiger partial charge in [0.15, 0.2) is 0 Å². The van der Waals surface area contributed by atoms with Gasteiger partial charge in [0.05, 0.1) is 48.7 Å². The Bertz CT molecular complexity index is 748. The third-order valence-electron chi connectivity index (χ3n) is 4.98. The number of esters is 4. The lowest BCUT2D eigenvalue weighted by Crippen LogP contribution is -2.24. The normalized spacial score (nSPS) is 10.5. The monoisotopic (exact) mass is 478 g/mol. The molecule has 0 aliphatic carbocycles. The number of hydrogen-bond donors (Lipinski definition) is 0. The molecule has 0 spiro atoms. The minimum absolute atomic E-state index is 0.106. The number of benzene rings is 1. The van der Waals surface area contributed by atoms with E-state index in [4.69, 9.17) is 18.9 Å². The van der Waals surface area contributed by atoms with Gasteiger partial charge in [0, 0.05) is 0 Å². The van der Waals surface area contributed by atoms with Gasteiger partial charge in [-0.3, -0.25) is 0 Å². The van der Waals surface area contributed by atoms with Gasteiger partial charge in [-0.25, -0.2) is 19.2 Å². The second-order valence-corrected chi connectivity index (χ2v) is 7.87. The Labute approximate surface area is 202 Å². The molecule has 0 radical (unpaired) electrons. The molecule has 34 heavy (non-hydrogen) atoms. The quantitative estimate of drug-likeness (QED) is 0.174. The molecule has 0 atom stereocenters. The Hall–Kier alpha value is -2.90. The van der Waals surface area contributed by atoms with Crippen LogP contribution in [0.2, 0.25) is 0 Å². The summed E-state index contributed by atoms with van der Waals surface area (Å²) in [6.07, 6.45) is 5.72. The van der Waals surface area contributed by atoms with E-state index < -0.39 is 23.9 Å². The van der Waals surface area contributed by atoms with E-state index in [1.165, 1.54) is 12.1 Å². The van der Waals surface area contributed by atoms with Gasteiger partial charge >= 0.3 is 23.9 Å². The predicted molar refractivity (Wildman–Crippen MR) is 127 cm³/mol. The fourth-order valence-electron chi connectivity index (χ4n) is 2.90. The lowest BCUT2D eigenvalue weighted by atomic mass is 9.95. The van der Waals surface area contributed by atoms with E-state index in [0.717, 1.165) is 25.7 Å². The molecular formula is C26H38O8. The average molecular weight is 479 g/mol. The summed E-state index contributed by atoms with van der Waals surface area (Å²) in [4.78, 5) is 51.8. The molecule has 0 unspecified atom stereocenters. The maximum absolute atomic E-state index is 13.1. The van der Waals surface area contributed by atoms with E-state index in [-0.39, 0.29) is 48.7 Å². The van der Waals surface area contributed by atoms with Crippen LogP contribution in [0.1, 0.15) is 120 Å². The van der Waals surface area contributed by atoms with Crippen LogP contribution in [0.25, 0.3) is 0 Å². The summed E-state index contributed by atoms with van der Waals surface area (Å²) in [7, 11) is 0. The zero-order chi connectivity index (χ0) is 25.3. The smallest absolute Gasteiger partial charge is 0.339 e. The second kappa shape index (κ2) is 16.7. The van der Waals surface area contributed by atoms with Crippen LogP contribution in [0.5, 0.6) is 0 Å². The van der Waals surface area contributed by atoms with Gasteiger partial charge in [-0.05, 0) is 37.8 Å². The Kier molecular flexibility index (Phi) is 14.3. The maximum atomic E-state index is 13.1. The molecule has 190 valence electrons. The van der Waals surface area contributed by atoms with Crippen molar-refractivity contribution in [3.8, 4) is 0 Å². The molecule has 0 amide bonds. The summed E-state index contributed by atoms with van der Waals surface area (Å²) in [6.45, 7) is 8.32. The van der Waals surface area contributed by atoms with Crippen LogP contribution in [0.3, 0.4) is 0 Å². The van der Waals surface area contributed by atoms with Crippen LogP contribution in [0, 0.1) is 0 Å². The second-order valence-electron chi connectivity index (χ2n) is 7.87. The van der Waals surface area contributed by atoms with Gasteiger partial charge in [-0.2, -0.15) is 0 Å². The number of hydrogen-bond acceptors (Lipinski definition) is 8. The lowest BCUT2D eigenvalue weighted by molar-refractivity contribution is 0.0417. The van der Waals surface area contributed by atoms with E-state index in [0.29, 0.717) is 25.7 Å². The number of rotatable bonds is 16. The molecule has 0 N–H and O–H groups in total. The van der Waals surface area contributed by atoms with Crippen molar-refractivity contribution >= 4 is 23.9 Å². The summed E-state index contributed by atoms with van der Waals surface area (Å²) in [5.74, 6) is -3.32. The first kappa shape index (κ1) is 29.1. The first-order chi connectivity index (χ1) is 16.4. The molecule has 1 rings (SSSR count). The van der Waals surface area contributed by atoms with Crippen molar-refractivity contribution in [1.29, 1.82) is 0 Å². The van der Waals surface area contributed by atoms with Gasteiger partial charge in [0.25, 0.3) is 0 Å². The third-order valence-corrected chi connectivity index (χ3v) is 4.98. The number of carbonyl (C=O) groups excluding carboxylic acids is 4. The minimum Gasteiger partial charge on any atom is -0.462 e. The maximum Gasteiger partial charge on any atom is 0.339 e. The van der Waals surface area contributed by atoms with Gasteiger partial charge in [-0.1, -0.05) is 53.4 Å². The van der Waals surface area contributed by atoms with Crippen LogP contribution >= 0.6 is 0 Å². The predicted octanol–water partition coefficient (Wildman–Crippen LogP) is 5.51. The van der Waals surface area contributed by atoms with Gasteiger partial charge in [0.2, 0.25) is 0 Å². The summed E-state index contributed by atoms with van der Waals surface area (Å²) in [5.41, 5.74) is -0.955. The van der Waals surface area contributed by atoms with Crippen LogP contribution in [0.4, 0.5) is 0 Å². The minimum atomic E-state index is -0.887. The Morgan fingerprint density at radius 2 is 0.765 bits per heavy atom. The molecule has 8 nitrogen and oxygen atoms in total. The molecule has 0 fully saturated rings. The Morgan fingerprint density at radius 1 is 0.500 bits per heavy atom. The molecule has 0 aromatic heterocycles. The standard InChI is InChI=1S/C26H38O8/c1-5-9-15-31-23(27)19-13-14-20(24(28)32-16-10-6-2)22(26(30)34-18-12-8-4)21(19)25(29)33-17-11-7-3/h13-14H,5-12,15-18H2,1-4H3. The largest absolute Gasteiger partial charge is 0.462 e. The highest BCUT2D eigenvalue weighted by Crippen LogP contribution is 2.25. The Balaban J connectivity index is 3.54. The van der Waals surface area contributed by atoms with Gasteiger partial charge in [0.1, 0.15) is 0 Å². The average Bonchev–Trinajstić information content (AvgIpc) is 2.83. The van der Waals surface area contributed by atoms with Crippen LogP contribution in [-0.2, 0) is 18.9 Å². The Morgan fingerprint density at radius 3 is 1.03 bits per heavy atom. The number of ether oxygens (including phenoxy) is 4.